The van der Waals surface area contributed by atoms with Crippen molar-refractivity contribution in [2.75, 3.05) is 5.73 Å². The van der Waals surface area contributed by atoms with E-state index in [9.17, 15) is 0 Å². The number of nitrogen functional groups attached to an aromatic ring is 1. The molecule has 0 heterocycles. The van der Waals surface area contributed by atoms with Crippen molar-refractivity contribution >= 4 is 5.69 Å². The van der Waals surface area contributed by atoms with Crippen molar-refractivity contribution in [2.24, 2.45) is 0 Å². The molecule has 0 bridgehead atoms. The maximum absolute atomic E-state index is 5.79. The Balaban J connectivity index is 3.05. The fraction of sp³-hybridized carbons (Fsp3) is 0.455. The predicted molar refractivity (Wildman–Crippen MR) is 54.3 cm³/mol. The second-order valence-electron chi connectivity index (χ2n) is 3.39. The lowest BCUT2D eigenvalue weighted by molar-refractivity contribution is 0.911. The van der Waals surface area contributed by atoms with Crippen molar-refractivity contribution in [1.82, 2.24) is 0 Å². The van der Waals surface area contributed by atoms with Crippen LogP contribution in [0.15, 0.2) is 12.1 Å². The molecule has 0 aliphatic carbocycles. The summed E-state index contributed by atoms with van der Waals surface area (Å²) in [6, 6.07) is 4.27. The van der Waals surface area contributed by atoms with Crippen LogP contribution in [0, 0.1) is 13.8 Å². The van der Waals surface area contributed by atoms with Gasteiger partial charge in [0, 0.05) is 5.69 Å². The van der Waals surface area contributed by atoms with Crippen molar-refractivity contribution in [1.29, 1.82) is 0 Å². The highest BCUT2D eigenvalue weighted by Gasteiger charge is 2.00. The number of nitrogens with two attached hydrogens (primary N) is 1. The second-order valence-corrected chi connectivity index (χ2v) is 3.39. The number of rotatable bonds is 2. The minimum Gasteiger partial charge on any atom is -0.399 e. The van der Waals surface area contributed by atoms with E-state index in [1.165, 1.54) is 23.1 Å². The van der Waals surface area contributed by atoms with Gasteiger partial charge in [-0.15, -0.1) is 0 Å². The van der Waals surface area contributed by atoms with Gasteiger partial charge in [-0.25, -0.2) is 0 Å². The SMILES string of the molecule is CCCc1cc(C)c(N)cc1C. The highest BCUT2D eigenvalue weighted by Crippen LogP contribution is 2.18. The number of aryl methyl sites for hydroxylation is 3. The van der Waals surface area contributed by atoms with E-state index in [1.54, 1.807) is 0 Å². The molecule has 0 saturated heterocycles. The van der Waals surface area contributed by atoms with Crippen LogP contribution in [-0.2, 0) is 6.42 Å². The third-order valence-corrected chi connectivity index (χ3v) is 2.24. The van der Waals surface area contributed by atoms with Gasteiger partial charge >= 0.3 is 0 Å². The summed E-state index contributed by atoms with van der Waals surface area (Å²) in [5.74, 6) is 0. The van der Waals surface area contributed by atoms with E-state index < -0.39 is 0 Å². The Morgan fingerprint density at radius 2 is 1.83 bits per heavy atom. The summed E-state index contributed by atoms with van der Waals surface area (Å²) in [6.45, 7) is 6.39. The van der Waals surface area contributed by atoms with Crippen molar-refractivity contribution in [3.05, 3.63) is 28.8 Å². The quantitative estimate of drug-likeness (QED) is 0.666. The first-order valence-electron chi connectivity index (χ1n) is 4.50. The number of anilines is 1. The molecule has 0 aliphatic rings. The molecule has 12 heavy (non-hydrogen) atoms. The largest absolute Gasteiger partial charge is 0.399 e. The molecule has 1 nitrogen and oxygen atoms in total. The molecule has 0 aliphatic heterocycles. The molecule has 0 saturated carbocycles. The first kappa shape index (κ1) is 9.11. The maximum atomic E-state index is 5.79. The van der Waals surface area contributed by atoms with Crippen molar-refractivity contribution in [3.8, 4) is 0 Å². The first-order valence-corrected chi connectivity index (χ1v) is 4.50. The van der Waals surface area contributed by atoms with Gasteiger partial charge in [0.15, 0.2) is 0 Å². The molecule has 2 N–H and O–H groups in total. The van der Waals surface area contributed by atoms with Gasteiger partial charge < -0.3 is 5.73 Å². The van der Waals surface area contributed by atoms with Crippen LogP contribution in [0.4, 0.5) is 5.69 Å². The van der Waals surface area contributed by atoms with Crippen molar-refractivity contribution in [2.45, 2.75) is 33.6 Å². The lowest BCUT2D eigenvalue weighted by Gasteiger charge is -2.07. The summed E-state index contributed by atoms with van der Waals surface area (Å²) in [6.07, 6.45) is 2.36. The summed E-state index contributed by atoms with van der Waals surface area (Å²) in [5, 5.41) is 0. The van der Waals surface area contributed by atoms with Gasteiger partial charge in [-0.1, -0.05) is 19.4 Å². The van der Waals surface area contributed by atoms with E-state index in [-0.39, 0.29) is 0 Å². The molecule has 0 radical (unpaired) electrons. The second kappa shape index (κ2) is 3.61. The van der Waals surface area contributed by atoms with Gasteiger partial charge in [0.1, 0.15) is 0 Å². The summed E-state index contributed by atoms with van der Waals surface area (Å²) in [7, 11) is 0. The van der Waals surface area contributed by atoms with Crippen LogP contribution >= 0.6 is 0 Å². The molecule has 1 aromatic carbocycles. The Hall–Kier alpha value is -0.980. The molecule has 66 valence electrons. The topological polar surface area (TPSA) is 26.0 Å². The molecule has 0 atom stereocenters. The van der Waals surface area contributed by atoms with Crippen molar-refractivity contribution < 1.29 is 0 Å². The smallest absolute Gasteiger partial charge is 0.0346 e. The van der Waals surface area contributed by atoms with Crippen molar-refractivity contribution in [3.63, 3.8) is 0 Å². The van der Waals surface area contributed by atoms with Crippen LogP contribution in [0.1, 0.15) is 30.0 Å². The Morgan fingerprint density at radius 3 is 2.42 bits per heavy atom. The molecule has 0 aromatic heterocycles. The van der Waals surface area contributed by atoms with E-state index in [0.717, 1.165) is 12.1 Å². The van der Waals surface area contributed by atoms with Crippen LogP contribution < -0.4 is 5.73 Å². The standard InChI is InChI=1S/C11H17N/c1-4-5-10-6-9(3)11(12)7-8(10)2/h6-7H,4-5,12H2,1-3H3. The molecule has 0 fully saturated rings. The zero-order chi connectivity index (χ0) is 9.14. The molecular formula is C11H17N. The average molecular weight is 163 g/mol. The number of hydrogen-bond donors (Lipinski definition) is 1. The van der Waals surface area contributed by atoms with E-state index in [1.807, 2.05) is 0 Å². The molecule has 0 spiro atoms. The lowest BCUT2D eigenvalue weighted by atomic mass is 10.0. The Kier molecular flexibility index (Phi) is 2.74. The number of hydrogen-bond acceptors (Lipinski definition) is 1. The zero-order valence-corrected chi connectivity index (χ0v) is 8.15. The molecule has 1 aromatic rings. The molecule has 1 rings (SSSR count). The molecule has 1 heteroatoms. The maximum Gasteiger partial charge on any atom is 0.0346 e. The summed E-state index contributed by atoms with van der Waals surface area (Å²) in [4.78, 5) is 0. The predicted octanol–water partition coefficient (Wildman–Crippen LogP) is 2.84. The van der Waals surface area contributed by atoms with E-state index in [2.05, 4.69) is 32.9 Å². The minimum atomic E-state index is 0.910. The highest BCUT2D eigenvalue weighted by atomic mass is 14.6. The zero-order valence-electron chi connectivity index (χ0n) is 8.15. The van der Waals surface area contributed by atoms with Crippen LogP contribution in [0.2, 0.25) is 0 Å². The van der Waals surface area contributed by atoms with Crippen LogP contribution in [0.25, 0.3) is 0 Å². The third kappa shape index (κ3) is 1.79. The number of benzene rings is 1. The van der Waals surface area contributed by atoms with Crippen LogP contribution in [0.5, 0.6) is 0 Å². The third-order valence-electron chi connectivity index (χ3n) is 2.24. The van der Waals surface area contributed by atoms with Gasteiger partial charge in [-0.2, -0.15) is 0 Å². The summed E-state index contributed by atoms with van der Waals surface area (Å²) < 4.78 is 0. The summed E-state index contributed by atoms with van der Waals surface area (Å²) >= 11 is 0. The molecule has 0 unspecified atom stereocenters. The van der Waals surface area contributed by atoms with Crippen LogP contribution in [-0.4, -0.2) is 0 Å². The fourth-order valence-corrected chi connectivity index (χ4v) is 1.44. The van der Waals surface area contributed by atoms with Gasteiger partial charge in [-0.05, 0) is 43.0 Å². The van der Waals surface area contributed by atoms with E-state index >= 15 is 0 Å². The molecular weight excluding hydrogens is 146 g/mol. The summed E-state index contributed by atoms with van der Waals surface area (Å²) in [5.41, 5.74) is 10.6. The van der Waals surface area contributed by atoms with E-state index in [4.69, 9.17) is 5.73 Å². The Morgan fingerprint density at radius 1 is 1.17 bits per heavy atom. The van der Waals surface area contributed by atoms with Crippen LogP contribution in [0.3, 0.4) is 0 Å². The lowest BCUT2D eigenvalue weighted by Crippen LogP contribution is -1.95. The fourth-order valence-electron chi connectivity index (χ4n) is 1.44. The monoisotopic (exact) mass is 163 g/mol. The van der Waals surface area contributed by atoms with Gasteiger partial charge in [-0.3, -0.25) is 0 Å². The van der Waals surface area contributed by atoms with E-state index in [0.29, 0.717) is 0 Å². The normalized spacial score (nSPS) is 10.2. The molecule has 0 amide bonds. The Bertz CT molecular complexity index is 277. The first-order chi connectivity index (χ1) is 5.65. The van der Waals surface area contributed by atoms with Gasteiger partial charge in [0.25, 0.3) is 0 Å². The highest BCUT2D eigenvalue weighted by molar-refractivity contribution is 5.51. The average Bonchev–Trinajstić information content (AvgIpc) is 2.01. The van der Waals surface area contributed by atoms with Gasteiger partial charge in [0.2, 0.25) is 0 Å². The Labute approximate surface area is 74.6 Å². The minimum absolute atomic E-state index is 0.910. The van der Waals surface area contributed by atoms with Gasteiger partial charge in [0.05, 0.1) is 0 Å².